The second kappa shape index (κ2) is 4.17. The molecule has 0 unspecified atom stereocenters. The molecule has 0 aromatic rings. The van der Waals surface area contributed by atoms with Crippen molar-refractivity contribution in [3.8, 4) is 0 Å². The van der Waals surface area contributed by atoms with Gasteiger partial charge in [0.05, 0.1) is 12.4 Å². The molecule has 0 aliphatic carbocycles. The normalized spacial score (nSPS) is 10.7. The summed E-state index contributed by atoms with van der Waals surface area (Å²) in [6.45, 7) is 3.02. The van der Waals surface area contributed by atoms with Crippen LogP contribution in [0.4, 0.5) is 4.79 Å². The van der Waals surface area contributed by atoms with Gasteiger partial charge in [0.2, 0.25) is 0 Å². The molecule has 11 heavy (non-hydrogen) atoms. The summed E-state index contributed by atoms with van der Waals surface area (Å²) < 4.78 is 29.3. The van der Waals surface area contributed by atoms with Gasteiger partial charge in [-0.1, -0.05) is 0 Å². The number of hydrogen-bond acceptors (Lipinski definition) is 5. The molecule has 0 rings (SSSR count). The SMILES string of the molecule is CCOC(=O)OS(=O)(=O)CC. The van der Waals surface area contributed by atoms with Crippen molar-refractivity contribution in [2.75, 3.05) is 12.4 Å². The number of hydrogen-bond donors (Lipinski definition) is 0. The molecule has 0 N–H and O–H groups in total. The van der Waals surface area contributed by atoms with E-state index in [0.717, 1.165) is 0 Å². The Morgan fingerprint density at radius 2 is 1.91 bits per heavy atom. The summed E-state index contributed by atoms with van der Waals surface area (Å²) in [5.41, 5.74) is 0. The molecule has 0 spiro atoms. The van der Waals surface area contributed by atoms with Gasteiger partial charge in [0, 0.05) is 0 Å². The van der Waals surface area contributed by atoms with Crippen molar-refractivity contribution in [2.45, 2.75) is 13.8 Å². The van der Waals surface area contributed by atoms with E-state index in [9.17, 15) is 13.2 Å². The molecule has 0 amide bonds. The fourth-order valence-corrected chi connectivity index (χ4v) is 0.678. The van der Waals surface area contributed by atoms with Gasteiger partial charge in [0.25, 0.3) is 0 Å². The Bertz CT molecular complexity index is 217. The van der Waals surface area contributed by atoms with E-state index in [4.69, 9.17) is 0 Å². The van der Waals surface area contributed by atoms with Crippen molar-refractivity contribution in [1.82, 2.24) is 0 Å². The van der Waals surface area contributed by atoms with Crippen LogP contribution in [0.15, 0.2) is 0 Å². The highest BCUT2D eigenvalue weighted by molar-refractivity contribution is 7.87. The molecule has 0 bridgehead atoms. The molecule has 0 radical (unpaired) electrons. The molecule has 6 heteroatoms. The maximum absolute atomic E-state index is 10.6. The average molecular weight is 182 g/mol. The topological polar surface area (TPSA) is 69.7 Å². The van der Waals surface area contributed by atoms with Gasteiger partial charge in [-0.15, -0.1) is 0 Å². The zero-order valence-electron chi connectivity index (χ0n) is 6.36. The maximum Gasteiger partial charge on any atom is 0.524 e. The third kappa shape index (κ3) is 4.60. The van der Waals surface area contributed by atoms with E-state index in [1.165, 1.54) is 6.92 Å². The van der Waals surface area contributed by atoms with Crippen LogP contribution in [-0.2, 0) is 19.0 Å². The molecular formula is C5H10O5S. The smallest absolute Gasteiger partial charge is 0.434 e. The summed E-state index contributed by atoms with van der Waals surface area (Å²) in [7, 11) is -3.72. The van der Waals surface area contributed by atoms with Gasteiger partial charge in [-0.25, -0.2) is 4.79 Å². The number of carbonyl (C=O) groups is 1. The van der Waals surface area contributed by atoms with E-state index < -0.39 is 16.3 Å². The molecule has 0 saturated heterocycles. The standard InChI is InChI=1S/C5H10O5S/c1-3-9-5(6)10-11(7,8)4-2/h3-4H2,1-2H3. The van der Waals surface area contributed by atoms with E-state index in [1.54, 1.807) is 6.92 Å². The van der Waals surface area contributed by atoms with Gasteiger partial charge in [-0.05, 0) is 13.8 Å². The highest BCUT2D eigenvalue weighted by Crippen LogP contribution is 1.95. The van der Waals surface area contributed by atoms with E-state index in [1.807, 2.05) is 0 Å². The van der Waals surface area contributed by atoms with Gasteiger partial charge in [0.15, 0.2) is 0 Å². The lowest BCUT2D eigenvalue weighted by atomic mass is 10.9. The molecule has 5 nitrogen and oxygen atoms in total. The molecule has 0 aromatic heterocycles. The first-order chi connectivity index (χ1) is 5.02. The highest BCUT2D eigenvalue weighted by atomic mass is 32.2. The molecular weight excluding hydrogens is 172 g/mol. The predicted octanol–water partition coefficient (Wildman–Crippen LogP) is 0.509. The minimum atomic E-state index is -3.72. The Kier molecular flexibility index (Phi) is 3.88. The van der Waals surface area contributed by atoms with Crippen LogP contribution in [0.25, 0.3) is 0 Å². The van der Waals surface area contributed by atoms with Crippen molar-refractivity contribution in [2.24, 2.45) is 0 Å². The Morgan fingerprint density at radius 3 is 2.27 bits per heavy atom. The maximum atomic E-state index is 10.6. The van der Waals surface area contributed by atoms with Crippen LogP contribution in [0.3, 0.4) is 0 Å². The van der Waals surface area contributed by atoms with Crippen LogP contribution in [0.2, 0.25) is 0 Å². The van der Waals surface area contributed by atoms with Crippen molar-refractivity contribution in [3.05, 3.63) is 0 Å². The summed E-state index contributed by atoms with van der Waals surface area (Å²) in [5, 5.41) is 0. The molecule has 0 saturated carbocycles. The van der Waals surface area contributed by atoms with Crippen LogP contribution >= 0.6 is 0 Å². The van der Waals surface area contributed by atoms with Crippen LogP contribution in [0.1, 0.15) is 13.8 Å². The fourth-order valence-electron chi connectivity index (χ4n) is 0.305. The number of carbonyl (C=O) groups excluding carboxylic acids is 1. The quantitative estimate of drug-likeness (QED) is 0.469. The lowest BCUT2D eigenvalue weighted by Gasteiger charge is -2.01. The van der Waals surface area contributed by atoms with Gasteiger partial charge >= 0.3 is 16.3 Å². The predicted molar refractivity (Wildman–Crippen MR) is 37.6 cm³/mol. The third-order valence-corrected chi connectivity index (χ3v) is 1.91. The highest BCUT2D eigenvalue weighted by Gasteiger charge is 2.14. The minimum Gasteiger partial charge on any atom is -0.434 e. The van der Waals surface area contributed by atoms with Gasteiger partial charge in [-0.3, -0.25) is 0 Å². The summed E-state index contributed by atoms with van der Waals surface area (Å²) in [6, 6.07) is 0. The first kappa shape index (κ1) is 10.2. The van der Waals surface area contributed by atoms with E-state index in [0.29, 0.717) is 0 Å². The zero-order valence-corrected chi connectivity index (χ0v) is 7.18. The molecule has 0 heterocycles. The summed E-state index contributed by atoms with van der Waals surface area (Å²) in [6.07, 6.45) is -1.17. The number of ether oxygens (including phenoxy) is 1. The minimum absolute atomic E-state index is 0.0953. The Labute approximate surface area is 65.4 Å². The zero-order chi connectivity index (χ0) is 8.91. The summed E-state index contributed by atoms with van der Waals surface area (Å²) >= 11 is 0. The Morgan fingerprint density at radius 1 is 1.36 bits per heavy atom. The Hall–Kier alpha value is -0.780. The van der Waals surface area contributed by atoms with Crippen LogP contribution in [0, 0.1) is 0 Å². The van der Waals surface area contributed by atoms with E-state index >= 15 is 0 Å². The fraction of sp³-hybridized carbons (Fsp3) is 0.800. The largest absolute Gasteiger partial charge is 0.524 e. The first-order valence-corrected chi connectivity index (χ1v) is 4.68. The van der Waals surface area contributed by atoms with E-state index in [-0.39, 0.29) is 12.4 Å². The molecule has 0 aromatic carbocycles. The van der Waals surface area contributed by atoms with Crippen molar-refractivity contribution < 1.29 is 22.1 Å². The molecule has 0 fully saturated rings. The van der Waals surface area contributed by atoms with Crippen LogP contribution in [0.5, 0.6) is 0 Å². The first-order valence-electron chi connectivity index (χ1n) is 3.10. The lowest BCUT2D eigenvalue weighted by Crippen LogP contribution is -2.15. The monoisotopic (exact) mass is 182 g/mol. The average Bonchev–Trinajstić information content (AvgIpc) is 1.87. The second-order valence-electron chi connectivity index (χ2n) is 1.61. The molecule has 66 valence electrons. The van der Waals surface area contributed by atoms with Crippen molar-refractivity contribution >= 4 is 16.3 Å². The third-order valence-electron chi connectivity index (χ3n) is 0.811. The lowest BCUT2D eigenvalue weighted by molar-refractivity contribution is 0.107. The summed E-state index contributed by atoms with van der Waals surface area (Å²) in [4.78, 5) is 10.4. The van der Waals surface area contributed by atoms with Gasteiger partial charge in [0.1, 0.15) is 0 Å². The molecule has 0 atom stereocenters. The van der Waals surface area contributed by atoms with Crippen molar-refractivity contribution in [1.29, 1.82) is 0 Å². The second-order valence-corrected chi connectivity index (χ2v) is 3.47. The van der Waals surface area contributed by atoms with E-state index in [2.05, 4.69) is 8.92 Å². The van der Waals surface area contributed by atoms with Crippen LogP contribution < -0.4 is 0 Å². The number of rotatable bonds is 3. The van der Waals surface area contributed by atoms with Crippen molar-refractivity contribution in [3.63, 3.8) is 0 Å². The molecule has 0 aliphatic heterocycles. The summed E-state index contributed by atoms with van der Waals surface area (Å²) in [5.74, 6) is -0.244. The van der Waals surface area contributed by atoms with Gasteiger partial charge in [-0.2, -0.15) is 8.42 Å². The van der Waals surface area contributed by atoms with Crippen LogP contribution in [-0.4, -0.2) is 26.9 Å². The molecule has 0 aliphatic rings. The Balaban J connectivity index is 3.95. The van der Waals surface area contributed by atoms with Gasteiger partial charge < -0.3 is 8.92 Å².